The molecule has 0 amide bonds. The molecule has 0 aliphatic rings. The molecule has 0 bridgehead atoms. The number of carbonyl (C=O) groups excluding carboxylic acids is 2. The Balaban J connectivity index is 2.09. The number of Topliss-reactive ketones (excluding diaryl/α,β-unsaturated/α-hetero) is 1. The summed E-state index contributed by atoms with van der Waals surface area (Å²) in [7, 11) is -3.39. The first kappa shape index (κ1) is 19.7. The lowest BCUT2D eigenvalue weighted by molar-refractivity contribution is 0.0318. The number of ketones is 1. The number of carbonyl (C=O) groups is 2. The minimum absolute atomic E-state index is 0.324. The van der Waals surface area contributed by atoms with E-state index in [9.17, 15) is 18.0 Å². The second-order valence-corrected chi connectivity index (χ2v) is 7.93. The summed E-state index contributed by atoms with van der Waals surface area (Å²) in [5.74, 6) is -0.919. The van der Waals surface area contributed by atoms with E-state index >= 15 is 0 Å². The molecule has 0 spiro atoms. The monoisotopic (exact) mass is 375 g/mol. The summed E-state index contributed by atoms with van der Waals surface area (Å²) in [5.41, 5.74) is 2.80. The number of hydrogen-bond acceptors (Lipinski definition) is 5. The van der Waals surface area contributed by atoms with Crippen LogP contribution in [-0.4, -0.2) is 32.5 Å². The van der Waals surface area contributed by atoms with Crippen molar-refractivity contribution in [3.8, 4) is 0 Å². The lowest BCUT2D eigenvalue weighted by atomic mass is 10.0. The SMILES string of the molecule is Cc1ccc(C)c(C(=O)O[C@H](C)C(=O)c2ccc(NS(C)(=O)=O)cc2)c1. The highest BCUT2D eigenvalue weighted by Gasteiger charge is 2.21. The molecule has 2 rings (SSSR count). The number of rotatable bonds is 6. The van der Waals surface area contributed by atoms with E-state index < -0.39 is 22.1 Å². The van der Waals surface area contributed by atoms with Crippen molar-refractivity contribution in [3.63, 3.8) is 0 Å². The van der Waals surface area contributed by atoms with E-state index in [1.807, 2.05) is 19.1 Å². The Morgan fingerprint density at radius 2 is 1.65 bits per heavy atom. The Morgan fingerprint density at radius 1 is 1.04 bits per heavy atom. The summed E-state index contributed by atoms with van der Waals surface area (Å²) < 4.78 is 30.0. The van der Waals surface area contributed by atoms with E-state index in [2.05, 4.69) is 4.72 Å². The van der Waals surface area contributed by atoms with Crippen LogP contribution >= 0.6 is 0 Å². The highest BCUT2D eigenvalue weighted by molar-refractivity contribution is 7.92. The Morgan fingerprint density at radius 3 is 2.23 bits per heavy atom. The summed E-state index contributed by atoms with van der Waals surface area (Å²) in [6.45, 7) is 5.18. The fourth-order valence-electron chi connectivity index (χ4n) is 2.38. The average molecular weight is 375 g/mol. The zero-order valence-electron chi connectivity index (χ0n) is 15.1. The first-order chi connectivity index (χ1) is 12.1. The molecular formula is C19H21NO5S. The third-order valence-electron chi connectivity index (χ3n) is 3.74. The molecule has 26 heavy (non-hydrogen) atoms. The zero-order valence-corrected chi connectivity index (χ0v) is 15.9. The summed E-state index contributed by atoms with van der Waals surface area (Å²) in [5, 5.41) is 0. The Bertz CT molecular complexity index is 933. The second-order valence-electron chi connectivity index (χ2n) is 6.18. The van der Waals surface area contributed by atoms with Gasteiger partial charge in [0.1, 0.15) is 0 Å². The molecule has 0 fully saturated rings. The molecule has 2 aromatic rings. The number of sulfonamides is 1. The van der Waals surface area contributed by atoms with E-state index in [0.717, 1.165) is 17.4 Å². The fraction of sp³-hybridized carbons (Fsp3) is 0.263. The normalized spacial score (nSPS) is 12.3. The topological polar surface area (TPSA) is 89.5 Å². The maximum Gasteiger partial charge on any atom is 0.339 e. The summed E-state index contributed by atoms with van der Waals surface area (Å²) in [6.07, 6.45) is 0.0806. The van der Waals surface area contributed by atoms with Gasteiger partial charge in [-0.2, -0.15) is 0 Å². The van der Waals surface area contributed by atoms with Crippen LogP contribution in [-0.2, 0) is 14.8 Å². The zero-order chi connectivity index (χ0) is 19.5. The summed E-state index contributed by atoms with van der Waals surface area (Å²) in [4.78, 5) is 24.8. The van der Waals surface area contributed by atoms with Crippen LogP contribution in [0.15, 0.2) is 42.5 Å². The standard InChI is InChI=1S/C19H21NO5S/c1-12-5-6-13(2)17(11-12)19(22)25-14(3)18(21)15-7-9-16(10-8-15)20-26(4,23)24/h5-11,14,20H,1-4H3/t14-/m1/s1. The van der Waals surface area contributed by atoms with E-state index in [1.165, 1.54) is 31.2 Å². The van der Waals surface area contributed by atoms with Crippen molar-refractivity contribution in [2.45, 2.75) is 26.9 Å². The minimum atomic E-state index is -3.39. The predicted molar refractivity (Wildman–Crippen MR) is 100 cm³/mol. The molecule has 6 nitrogen and oxygen atoms in total. The molecular weight excluding hydrogens is 354 g/mol. The first-order valence-electron chi connectivity index (χ1n) is 7.97. The van der Waals surface area contributed by atoms with Gasteiger partial charge in [0.25, 0.3) is 0 Å². The van der Waals surface area contributed by atoms with Gasteiger partial charge < -0.3 is 4.74 Å². The van der Waals surface area contributed by atoms with Crippen molar-refractivity contribution in [1.29, 1.82) is 0 Å². The van der Waals surface area contributed by atoms with Crippen molar-refractivity contribution >= 4 is 27.5 Å². The second kappa shape index (κ2) is 7.70. The van der Waals surface area contributed by atoms with Gasteiger partial charge in [-0.3, -0.25) is 9.52 Å². The minimum Gasteiger partial charge on any atom is -0.451 e. The molecule has 0 saturated carbocycles. The van der Waals surface area contributed by atoms with Gasteiger partial charge in [0, 0.05) is 11.3 Å². The number of nitrogens with one attached hydrogen (secondary N) is 1. The van der Waals surface area contributed by atoms with E-state index in [4.69, 9.17) is 4.74 Å². The molecule has 0 aromatic heterocycles. The maximum atomic E-state index is 12.4. The smallest absolute Gasteiger partial charge is 0.339 e. The van der Waals surface area contributed by atoms with E-state index in [1.54, 1.807) is 13.0 Å². The highest BCUT2D eigenvalue weighted by Crippen LogP contribution is 2.16. The van der Waals surface area contributed by atoms with Crippen LogP contribution in [0.4, 0.5) is 5.69 Å². The molecule has 0 aliphatic heterocycles. The lowest BCUT2D eigenvalue weighted by Gasteiger charge is -2.14. The largest absolute Gasteiger partial charge is 0.451 e. The van der Waals surface area contributed by atoms with Crippen LogP contribution < -0.4 is 4.72 Å². The molecule has 0 heterocycles. The molecule has 0 unspecified atom stereocenters. The van der Waals surface area contributed by atoms with Gasteiger partial charge in [0.15, 0.2) is 6.10 Å². The van der Waals surface area contributed by atoms with Crippen molar-refractivity contribution in [2.24, 2.45) is 0 Å². The molecule has 0 radical (unpaired) electrons. The molecule has 0 saturated heterocycles. The van der Waals surface area contributed by atoms with Crippen molar-refractivity contribution < 1.29 is 22.7 Å². The quantitative estimate of drug-likeness (QED) is 0.619. The number of hydrogen-bond donors (Lipinski definition) is 1. The maximum absolute atomic E-state index is 12.4. The fourth-order valence-corrected chi connectivity index (χ4v) is 2.95. The van der Waals surface area contributed by atoms with Crippen LogP contribution in [0, 0.1) is 13.8 Å². The van der Waals surface area contributed by atoms with Gasteiger partial charge >= 0.3 is 5.97 Å². The molecule has 0 aliphatic carbocycles. The first-order valence-corrected chi connectivity index (χ1v) is 9.86. The van der Waals surface area contributed by atoms with Crippen LogP contribution in [0.2, 0.25) is 0 Å². The van der Waals surface area contributed by atoms with Crippen LogP contribution in [0.25, 0.3) is 0 Å². The van der Waals surface area contributed by atoms with Gasteiger partial charge in [0.2, 0.25) is 15.8 Å². The third-order valence-corrected chi connectivity index (χ3v) is 4.35. The molecule has 138 valence electrons. The number of ether oxygens (including phenoxy) is 1. The van der Waals surface area contributed by atoms with Crippen LogP contribution in [0.3, 0.4) is 0 Å². The van der Waals surface area contributed by atoms with E-state index in [0.29, 0.717) is 16.8 Å². The number of aryl methyl sites for hydroxylation is 2. The summed E-state index contributed by atoms with van der Waals surface area (Å²) in [6, 6.07) is 11.4. The highest BCUT2D eigenvalue weighted by atomic mass is 32.2. The number of esters is 1. The van der Waals surface area contributed by atoms with Crippen LogP contribution in [0.1, 0.15) is 38.8 Å². The molecule has 1 N–H and O–H groups in total. The van der Waals surface area contributed by atoms with Gasteiger partial charge in [-0.15, -0.1) is 0 Å². The number of anilines is 1. The van der Waals surface area contributed by atoms with Gasteiger partial charge in [-0.05, 0) is 56.7 Å². The summed E-state index contributed by atoms with van der Waals surface area (Å²) >= 11 is 0. The van der Waals surface area contributed by atoms with E-state index in [-0.39, 0.29) is 5.78 Å². The predicted octanol–water partition coefficient (Wildman–Crippen LogP) is 3.10. The van der Waals surface area contributed by atoms with Gasteiger partial charge in [0.05, 0.1) is 11.8 Å². The molecule has 2 aromatic carbocycles. The molecule has 7 heteroatoms. The lowest BCUT2D eigenvalue weighted by Crippen LogP contribution is -2.25. The van der Waals surface area contributed by atoms with Gasteiger partial charge in [-0.25, -0.2) is 13.2 Å². The van der Waals surface area contributed by atoms with Crippen molar-refractivity contribution in [2.75, 3.05) is 11.0 Å². The Kier molecular flexibility index (Phi) is 5.82. The third kappa shape index (κ3) is 5.16. The van der Waals surface area contributed by atoms with Crippen molar-refractivity contribution in [3.05, 3.63) is 64.7 Å². The Labute approximate surface area is 153 Å². The van der Waals surface area contributed by atoms with Crippen molar-refractivity contribution in [1.82, 2.24) is 0 Å². The van der Waals surface area contributed by atoms with Gasteiger partial charge in [-0.1, -0.05) is 17.7 Å². The average Bonchev–Trinajstić information content (AvgIpc) is 2.55. The van der Waals surface area contributed by atoms with Crippen LogP contribution in [0.5, 0.6) is 0 Å². The number of benzene rings is 2. The Hall–Kier alpha value is -2.67. The molecule has 1 atom stereocenters.